The summed E-state index contributed by atoms with van der Waals surface area (Å²) in [4.78, 5) is 15.8. The number of para-hydroxylation sites is 1. The minimum absolute atomic E-state index is 0. The summed E-state index contributed by atoms with van der Waals surface area (Å²) < 4.78 is 0. The van der Waals surface area contributed by atoms with Gasteiger partial charge in [-0.05, 0) is 35.6 Å². The monoisotopic (exact) mass is 463 g/mol. The van der Waals surface area contributed by atoms with Crippen LogP contribution in [0.4, 0.5) is 5.69 Å². The van der Waals surface area contributed by atoms with E-state index in [9.17, 15) is 4.79 Å². The summed E-state index contributed by atoms with van der Waals surface area (Å²) in [6.07, 6.45) is 1.79. The van der Waals surface area contributed by atoms with Crippen molar-refractivity contribution in [3.8, 4) is 0 Å². The fraction of sp³-hybridized carbons (Fsp3) is 0.321. The number of carbonyl (C=O) groups excluding carboxylic acids is 1. The Labute approximate surface area is 204 Å². The summed E-state index contributed by atoms with van der Waals surface area (Å²) in [7, 11) is 4.34. The average Bonchev–Trinajstić information content (AvgIpc) is 3.07. The number of anilines is 1. The van der Waals surface area contributed by atoms with E-state index < -0.39 is 5.41 Å². The van der Waals surface area contributed by atoms with Crippen LogP contribution in [-0.4, -0.2) is 38.1 Å². The van der Waals surface area contributed by atoms with Crippen LogP contribution >= 0.6 is 0 Å². The Balaban J connectivity index is 0.00000306. The number of hydrogen-bond donors (Lipinski definition) is 1. The molecule has 1 heterocycles. The minimum atomic E-state index is -0.655. The number of hydrogen-bond acceptors (Lipinski definition) is 2. The van der Waals surface area contributed by atoms with Crippen LogP contribution in [-0.2, 0) is 16.8 Å². The molecule has 33 heavy (non-hydrogen) atoms. The zero-order chi connectivity index (χ0) is 22.6. The molecule has 0 spiro atoms. The van der Waals surface area contributed by atoms with Gasteiger partial charge in [-0.15, -0.1) is 0 Å². The Morgan fingerprint density at radius 2 is 1.48 bits per heavy atom. The lowest BCUT2D eigenvalue weighted by Gasteiger charge is -2.34. The maximum Gasteiger partial charge on any atom is 0.256 e. The number of nitrogens with one attached hydrogen (secondary N) is 1. The molecular weight excluding hydrogens is 430 g/mol. The van der Waals surface area contributed by atoms with Crippen molar-refractivity contribution in [3.05, 3.63) is 102 Å². The highest BCUT2D eigenvalue weighted by Gasteiger charge is 2.53. The highest BCUT2D eigenvalue weighted by Crippen LogP contribution is 2.49. The first-order chi connectivity index (χ1) is 15.6. The highest BCUT2D eigenvalue weighted by atomic mass is 35.5. The predicted octanol–water partition coefficient (Wildman–Crippen LogP) is 0.685. The minimum Gasteiger partial charge on any atom is -1.00 e. The van der Waals surface area contributed by atoms with E-state index in [0.29, 0.717) is 6.54 Å². The molecule has 0 radical (unpaired) electrons. The molecule has 174 valence electrons. The van der Waals surface area contributed by atoms with Gasteiger partial charge in [0, 0.05) is 13.1 Å². The number of rotatable bonds is 9. The molecule has 1 aliphatic rings. The molecule has 0 fully saturated rings. The Morgan fingerprint density at radius 3 is 2.12 bits per heavy atom. The molecule has 1 N–H and O–H groups in total. The van der Waals surface area contributed by atoms with Crippen molar-refractivity contribution in [2.75, 3.05) is 32.2 Å². The van der Waals surface area contributed by atoms with Crippen molar-refractivity contribution in [2.24, 2.45) is 0 Å². The van der Waals surface area contributed by atoms with Crippen molar-refractivity contribution in [3.63, 3.8) is 0 Å². The van der Waals surface area contributed by atoms with Crippen LogP contribution in [0.15, 0.2) is 84.9 Å². The topological polar surface area (TPSA) is 28.0 Å². The Bertz CT molecular complexity index is 1040. The van der Waals surface area contributed by atoms with E-state index in [-0.39, 0.29) is 18.3 Å². The molecule has 0 saturated carbocycles. The van der Waals surface area contributed by atoms with Gasteiger partial charge in [-0.2, -0.15) is 0 Å². The molecule has 4 nitrogen and oxygen atoms in total. The van der Waals surface area contributed by atoms with Gasteiger partial charge in [0.05, 0.1) is 26.3 Å². The van der Waals surface area contributed by atoms with Crippen LogP contribution in [0.5, 0.6) is 0 Å². The van der Waals surface area contributed by atoms with Crippen LogP contribution < -0.4 is 22.3 Å². The van der Waals surface area contributed by atoms with Crippen LogP contribution in [0.2, 0.25) is 0 Å². The van der Waals surface area contributed by atoms with Gasteiger partial charge >= 0.3 is 0 Å². The lowest BCUT2D eigenvalue weighted by atomic mass is 9.72. The number of quaternary nitrogens is 1. The number of halogens is 1. The molecule has 1 atom stereocenters. The maximum atomic E-state index is 14.4. The fourth-order valence-electron chi connectivity index (χ4n) is 4.92. The molecule has 3 aromatic rings. The molecule has 3 aromatic carbocycles. The lowest BCUT2D eigenvalue weighted by Crippen LogP contribution is -3.05. The first-order valence-corrected chi connectivity index (χ1v) is 11.7. The molecule has 4 rings (SSSR count). The van der Waals surface area contributed by atoms with Gasteiger partial charge < -0.3 is 17.3 Å². The molecule has 1 unspecified atom stereocenters. The standard InChI is InChI=1S/C28H33N3O.ClH/c1-4-30(22-23-14-7-5-8-15-23)31-26-19-12-11-18-25(26)28(27(31)32,20-13-21-29(2)3)24-16-9-6-10-17-24;/h5-12,14-19H,4,13,20-22H2,1-3H3;1H. The van der Waals surface area contributed by atoms with Crippen molar-refractivity contribution < 1.29 is 22.1 Å². The second-order valence-electron chi connectivity index (χ2n) is 8.93. The number of amides is 1. The maximum absolute atomic E-state index is 14.4. The smallest absolute Gasteiger partial charge is 0.256 e. The van der Waals surface area contributed by atoms with Crippen LogP contribution in [0.1, 0.15) is 36.5 Å². The highest BCUT2D eigenvalue weighted by molar-refractivity contribution is 6.09. The Morgan fingerprint density at radius 1 is 0.879 bits per heavy atom. The molecule has 1 amide bonds. The number of benzene rings is 3. The van der Waals surface area contributed by atoms with E-state index >= 15 is 0 Å². The van der Waals surface area contributed by atoms with Crippen molar-refractivity contribution in [2.45, 2.75) is 31.7 Å². The summed E-state index contributed by atoms with van der Waals surface area (Å²) >= 11 is 0. The molecule has 0 saturated heterocycles. The van der Waals surface area contributed by atoms with Gasteiger partial charge in [0.2, 0.25) is 0 Å². The van der Waals surface area contributed by atoms with Gasteiger partial charge in [-0.1, -0.05) is 85.8 Å². The number of carbonyl (C=O) groups is 1. The molecule has 5 heteroatoms. The summed E-state index contributed by atoms with van der Waals surface area (Å²) in [6, 6.07) is 29.1. The van der Waals surface area contributed by atoms with Gasteiger partial charge in [-0.25, -0.2) is 10.0 Å². The zero-order valence-electron chi connectivity index (χ0n) is 19.8. The van der Waals surface area contributed by atoms with Crippen molar-refractivity contribution >= 4 is 11.6 Å². The van der Waals surface area contributed by atoms with Gasteiger partial charge in [0.15, 0.2) is 0 Å². The fourth-order valence-corrected chi connectivity index (χ4v) is 4.92. The summed E-state index contributed by atoms with van der Waals surface area (Å²) in [5, 5.41) is 4.14. The predicted molar refractivity (Wildman–Crippen MR) is 131 cm³/mol. The summed E-state index contributed by atoms with van der Waals surface area (Å²) in [5.41, 5.74) is 3.77. The van der Waals surface area contributed by atoms with E-state index in [1.807, 2.05) is 35.3 Å². The number of nitrogens with zero attached hydrogens (tertiary/aromatic N) is 2. The van der Waals surface area contributed by atoms with Crippen LogP contribution in [0.3, 0.4) is 0 Å². The van der Waals surface area contributed by atoms with Gasteiger partial charge in [0.1, 0.15) is 5.41 Å². The number of fused-ring (bicyclic) bond motifs is 1. The Kier molecular flexibility index (Phi) is 8.30. The van der Waals surface area contributed by atoms with E-state index in [0.717, 1.165) is 42.7 Å². The van der Waals surface area contributed by atoms with Crippen molar-refractivity contribution in [1.29, 1.82) is 0 Å². The SMILES string of the molecule is CCN(Cc1ccccc1)N1C(=O)C(CCC[NH+](C)C)(c2ccccc2)c2ccccc21.[Cl-]. The summed E-state index contributed by atoms with van der Waals surface area (Å²) in [6.45, 7) is 4.61. The normalized spacial score (nSPS) is 17.4. The van der Waals surface area contributed by atoms with Crippen LogP contribution in [0, 0.1) is 0 Å². The Hall–Kier alpha value is -2.66. The van der Waals surface area contributed by atoms with Crippen molar-refractivity contribution in [1.82, 2.24) is 5.01 Å². The zero-order valence-corrected chi connectivity index (χ0v) is 20.6. The molecule has 0 aliphatic carbocycles. The average molecular weight is 464 g/mol. The lowest BCUT2D eigenvalue weighted by molar-refractivity contribution is -0.858. The van der Waals surface area contributed by atoms with E-state index in [1.54, 1.807) is 0 Å². The van der Waals surface area contributed by atoms with E-state index in [1.165, 1.54) is 10.5 Å². The molecular formula is C28H34ClN3O. The third-order valence-corrected chi connectivity index (χ3v) is 6.50. The third-order valence-electron chi connectivity index (χ3n) is 6.50. The van der Waals surface area contributed by atoms with E-state index in [2.05, 4.69) is 80.6 Å². The van der Waals surface area contributed by atoms with E-state index in [4.69, 9.17) is 0 Å². The number of hydrazine groups is 1. The summed E-state index contributed by atoms with van der Waals surface area (Å²) in [5.74, 6) is 0.163. The molecule has 0 aromatic heterocycles. The second-order valence-corrected chi connectivity index (χ2v) is 8.93. The first kappa shape index (κ1) is 25.0. The molecule has 1 aliphatic heterocycles. The molecule has 0 bridgehead atoms. The second kappa shape index (κ2) is 11.0. The van der Waals surface area contributed by atoms with Gasteiger partial charge in [0.25, 0.3) is 5.91 Å². The van der Waals surface area contributed by atoms with Crippen LogP contribution in [0.25, 0.3) is 0 Å². The first-order valence-electron chi connectivity index (χ1n) is 11.7. The van der Waals surface area contributed by atoms with Gasteiger partial charge in [-0.3, -0.25) is 4.79 Å². The quantitative estimate of drug-likeness (QED) is 0.505. The largest absolute Gasteiger partial charge is 1.00 e. The third kappa shape index (κ3) is 4.84.